The number of anilines is 1. The monoisotopic (exact) mass is 459 g/mol. The fraction of sp³-hybridized carbons (Fsp3) is 0.143. The highest BCUT2D eigenvalue weighted by Crippen LogP contribution is 2.20. The van der Waals surface area contributed by atoms with Crippen molar-refractivity contribution in [3.05, 3.63) is 83.7 Å². The first-order chi connectivity index (χ1) is 14.6. The SMILES string of the molecule is Cc1cncc(NS(=O)(=O)c2ccccc2C(=O)NCc2ccc(S(C)(=O)=O)cc2)c1. The van der Waals surface area contributed by atoms with Gasteiger partial charge in [0.2, 0.25) is 0 Å². The van der Waals surface area contributed by atoms with E-state index in [0.29, 0.717) is 11.3 Å². The van der Waals surface area contributed by atoms with Crippen molar-refractivity contribution in [1.82, 2.24) is 10.3 Å². The second kappa shape index (κ2) is 8.86. The Morgan fingerprint density at radius 3 is 2.29 bits per heavy atom. The average Bonchev–Trinajstić information content (AvgIpc) is 2.71. The third kappa shape index (κ3) is 5.68. The normalized spacial score (nSPS) is 11.7. The van der Waals surface area contributed by atoms with E-state index in [1.54, 1.807) is 37.4 Å². The van der Waals surface area contributed by atoms with Gasteiger partial charge >= 0.3 is 0 Å². The van der Waals surface area contributed by atoms with Crippen LogP contribution in [0, 0.1) is 6.92 Å². The zero-order valence-electron chi connectivity index (χ0n) is 16.9. The van der Waals surface area contributed by atoms with E-state index in [1.165, 1.54) is 36.5 Å². The number of hydrogen-bond acceptors (Lipinski definition) is 6. The molecule has 0 aliphatic rings. The Morgan fingerprint density at radius 1 is 0.968 bits per heavy atom. The summed E-state index contributed by atoms with van der Waals surface area (Å²) in [6.45, 7) is 1.89. The molecule has 10 heteroatoms. The minimum atomic E-state index is -4.03. The van der Waals surface area contributed by atoms with Crippen LogP contribution in [0.25, 0.3) is 0 Å². The van der Waals surface area contributed by atoms with E-state index in [-0.39, 0.29) is 21.9 Å². The zero-order valence-corrected chi connectivity index (χ0v) is 18.5. The molecule has 0 aliphatic carbocycles. The quantitative estimate of drug-likeness (QED) is 0.560. The molecule has 2 aromatic carbocycles. The van der Waals surface area contributed by atoms with Crippen LogP contribution in [0.2, 0.25) is 0 Å². The number of nitrogens with one attached hydrogen (secondary N) is 2. The van der Waals surface area contributed by atoms with Gasteiger partial charge in [-0.2, -0.15) is 0 Å². The Kier molecular flexibility index (Phi) is 6.42. The summed E-state index contributed by atoms with van der Waals surface area (Å²) in [5.74, 6) is -0.574. The largest absolute Gasteiger partial charge is 0.348 e. The molecule has 0 bridgehead atoms. The second-order valence-electron chi connectivity index (χ2n) is 6.95. The molecule has 1 heterocycles. The highest BCUT2D eigenvalue weighted by atomic mass is 32.2. The van der Waals surface area contributed by atoms with Crippen molar-refractivity contribution in [3.8, 4) is 0 Å². The number of hydrogen-bond donors (Lipinski definition) is 2. The third-order valence-electron chi connectivity index (χ3n) is 4.35. The van der Waals surface area contributed by atoms with Gasteiger partial charge < -0.3 is 5.32 Å². The molecule has 0 aliphatic heterocycles. The van der Waals surface area contributed by atoms with Crippen molar-refractivity contribution in [2.75, 3.05) is 11.0 Å². The fourth-order valence-corrected chi connectivity index (χ4v) is 4.71. The van der Waals surface area contributed by atoms with Crippen molar-refractivity contribution in [2.24, 2.45) is 0 Å². The number of aromatic nitrogens is 1. The van der Waals surface area contributed by atoms with Gasteiger partial charge in [0.05, 0.1) is 22.3 Å². The molecular weight excluding hydrogens is 438 g/mol. The fourth-order valence-electron chi connectivity index (χ4n) is 2.84. The van der Waals surface area contributed by atoms with Crippen LogP contribution in [0.15, 0.2) is 76.8 Å². The van der Waals surface area contributed by atoms with Crippen LogP contribution in [0.1, 0.15) is 21.5 Å². The highest BCUT2D eigenvalue weighted by molar-refractivity contribution is 7.92. The van der Waals surface area contributed by atoms with Crippen LogP contribution in [-0.2, 0) is 26.4 Å². The number of benzene rings is 2. The predicted octanol–water partition coefficient (Wildman–Crippen LogP) is 2.52. The van der Waals surface area contributed by atoms with E-state index in [9.17, 15) is 21.6 Å². The number of sulfone groups is 1. The number of carbonyl (C=O) groups excluding carboxylic acids is 1. The minimum Gasteiger partial charge on any atom is -0.348 e. The molecule has 8 nitrogen and oxygen atoms in total. The van der Waals surface area contributed by atoms with Crippen molar-refractivity contribution in [1.29, 1.82) is 0 Å². The molecule has 2 N–H and O–H groups in total. The molecule has 1 aromatic heterocycles. The molecular formula is C21H21N3O5S2. The van der Waals surface area contributed by atoms with Crippen LogP contribution in [0.5, 0.6) is 0 Å². The first kappa shape index (κ1) is 22.4. The summed E-state index contributed by atoms with van der Waals surface area (Å²) in [5, 5.41) is 2.67. The van der Waals surface area contributed by atoms with E-state index in [0.717, 1.165) is 11.8 Å². The molecule has 3 aromatic rings. The number of aryl methyl sites for hydroxylation is 1. The topological polar surface area (TPSA) is 122 Å². The number of pyridine rings is 1. The number of rotatable bonds is 7. The molecule has 3 rings (SSSR count). The van der Waals surface area contributed by atoms with Gasteiger partial charge in [-0.1, -0.05) is 24.3 Å². The third-order valence-corrected chi connectivity index (χ3v) is 6.92. The molecule has 0 unspecified atom stereocenters. The van der Waals surface area contributed by atoms with E-state index >= 15 is 0 Å². The molecule has 0 radical (unpaired) electrons. The number of amides is 1. The molecule has 1 amide bonds. The van der Waals surface area contributed by atoms with Gasteiger partial charge in [-0.15, -0.1) is 0 Å². The molecule has 0 atom stereocenters. The molecule has 0 saturated heterocycles. The number of sulfonamides is 1. The first-order valence-corrected chi connectivity index (χ1v) is 12.5. The van der Waals surface area contributed by atoms with Crippen molar-refractivity contribution < 1.29 is 21.6 Å². The summed E-state index contributed by atoms with van der Waals surface area (Å²) in [6, 6.07) is 13.6. The van der Waals surface area contributed by atoms with Crippen LogP contribution in [0.3, 0.4) is 0 Å². The maximum Gasteiger partial charge on any atom is 0.262 e. The number of carbonyl (C=O) groups is 1. The van der Waals surface area contributed by atoms with Crippen LogP contribution >= 0.6 is 0 Å². The zero-order chi connectivity index (χ0) is 22.6. The molecule has 0 spiro atoms. The van der Waals surface area contributed by atoms with Gasteiger partial charge in [-0.25, -0.2) is 16.8 Å². The van der Waals surface area contributed by atoms with Gasteiger partial charge in [-0.3, -0.25) is 14.5 Å². The summed E-state index contributed by atoms with van der Waals surface area (Å²) in [6.07, 6.45) is 4.09. The van der Waals surface area contributed by atoms with E-state index in [1.807, 2.05) is 0 Å². The summed E-state index contributed by atoms with van der Waals surface area (Å²) in [4.78, 5) is 16.7. The summed E-state index contributed by atoms with van der Waals surface area (Å²) >= 11 is 0. The first-order valence-electron chi connectivity index (χ1n) is 9.17. The average molecular weight is 460 g/mol. The summed E-state index contributed by atoms with van der Waals surface area (Å²) in [7, 11) is -7.34. The van der Waals surface area contributed by atoms with Crippen LogP contribution in [-0.4, -0.2) is 34.0 Å². The molecule has 162 valence electrons. The lowest BCUT2D eigenvalue weighted by molar-refractivity contribution is 0.0947. The van der Waals surface area contributed by atoms with Gasteiger partial charge in [0.1, 0.15) is 4.90 Å². The Hall–Kier alpha value is -3.24. The molecule has 0 fully saturated rings. The molecule has 31 heavy (non-hydrogen) atoms. The van der Waals surface area contributed by atoms with Gasteiger partial charge in [0, 0.05) is 19.0 Å². The van der Waals surface area contributed by atoms with Crippen molar-refractivity contribution in [3.63, 3.8) is 0 Å². The Balaban J connectivity index is 1.78. The minimum absolute atomic E-state index is 0.0108. The highest BCUT2D eigenvalue weighted by Gasteiger charge is 2.22. The summed E-state index contributed by atoms with van der Waals surface area (Å²) < 4.78 is 51.3. The van der Waals surface area contributed by atoms with E-state index in [4.69, 9.17) is 0 Å². The molecule has 0 saturated carbocycles. The lowest BCUT2D eigenvalue weighted by Gasteiger charge is -2.13. The van der Waals surface area contributed by atoms with Crippen molar-refractivity contribution >= 4 is 31.5 Å². The van der Waals surface area contributed by atoms with E-state index in [2.05, 4.69) is 15.0 Å². The number of nitrogens with zero attached hydrogens (tertiary/aromatic N) is 1. The lowest BCUT2D eigenvalue weighted by atomic mass is 10.2. The van der Waals surface area contributed by atoms with E-state index < -0.39 is 25.8 Å². The van der Waals surface area contributed by atoms with Gasteiger partial charge in [-0.05, 0) is 48.4 Å². The predicted molar refractivity (Wildman–Crippen MR) is 117 cm³/mol. The standard InChI is InChI=1S/C21H21N3O5S2/c1-15-11-17(14-22-12-15)24-31(28,29)20-6-4-3-5-19(20)21(25)23-13-16-7-9-18(10-8-16)30(2,26)27/h3-12,14,24H,13H2,1-2H3,(H,23,25). The van der Waals surface area contributed by atoms with Crippen molar-refractivity contribution in [2.45, 2.75) is 23.3 Å². The Bertz CT molecular complexity index is 1320. The smallest absolute Gasteiger partial charge is 0.262 e. The Morgan fingerprint density at radius 2 is 1.65 bits per heavy atom. The lowest BCUT2D eigenvalue weighted by Crippen LogP contribution is -2.26. The van der Waals surface area contributed by atoms with Gasteiger partial charge in [0.15, 0.2) is 9.84 Å². The summed E-state index contributed by atoms with van der Waals surface area (Å²) in [5.41, 5.74) is 1.74. The second-order valence-corrected chi connectivity index (χ2v) is 10.6. The maximum absolute atomic E-state index is 12.9. The van der Waals surface area contributed by atoms with Gasteiger partial charge in [0.25, 0.3) is 15.9 Å². The Labute approximate surface area is 181 Å². The van der Waals surface area contributed by atoms with Crippen LogP contribution < -0.4 is 10.0 Å². The maximum atomic E-state index is 12.9. The van der Waals surface area contributed by atoms with Crippen LogP contribution in [0.4, 0.5) is 5.69 Å².